The molecule has 0 amide bonds. The van der Waals surface area contributed by atoms with Crippen LogP contribution in [0.15, 0.2) is 59.0 Å². The van der Waals surface area contributed by atoms with E-state index in [-0.39, 0.29) is 12.2 Å². The van der Waals surface area contributed by atoms with Crippen molar-refractivity contribution in [3.05, 3.63) is 54.1 Å². The van der Waals surface area contributed by atoms with Crippen LogP contribution in [0.5, 0.6) is 0 Å². The molecule has 1 saturated heterocycles. The van der Waals surface area contributed by atoms with E-state index >= 15 is 0 Å². The molecule has 1 aliphatic carbocycles. The molecule has 0 radical (unpaired) electrons. The molecule has 1 aliphatic heterocycles. The number of rotatable bonds is 4. The molecule has 1 fully saturated rings. The van der Waals surface area contributed by atoms with Crippen LogP contribution in [-0.2, 0) is 9.47 Å². The van der Waals surface area contributed by atoms with Gasteiger partial charge in [0.25, 0.3) is 0 Å². The third-order valence-electron chi connectivity index (χ3n) is 3.51. The van der Waals surface area contributed by atoms with Crippen molar-refractivity contribution in [1.29, 1.82) is 0 Å². The second-order valence-corrected chi connectivity index (χ2v) is 6.73. The molecule has 106 valence electrons. The van der Waals surface area contributed by atoms with E-state index in [9.17, 15) is 0 Å². The third-order valence-corrected chi connectivity index (χ3v) is 4.52. The van der Waals surface area contributed by atoms with Gasteiger partial charge in [0.2, 0.25) is 0 Å². The van der Waals surface area contributed by atoms with Crippen molar-refractivity contribution in [3.63, 3.8) is 0 Å². The van der Waals surface area contributed by atoms with Crippen molar-refractivity contribution < 1.29 is 9.47 Å². The van der Waals surface area contributed by atoms with Gasteiger partial charge in [-0.25, -0.2) is 0 Å². The van der Waals surface area contributed by atoms with Crippen molar-refractivity contribution in [3.8, 4) is 0 Å². The number of thioether (sulfide) groups is 1. The van der Waals surface area contributed by atoms with Crippen molar-refractivity contribution in [2.75, 3.05) is 5.75 Å². The number of hydrogen-bond donors (Lipinski definition) is 0. The normalized spacial score (nSPS) is 27.2. The Labute approximate surface area is 124 Å². The average molecular weight is 288 g/mol. The van der Waals surface area contributed by atoms with E-state index in [1.165, 1.54) is 10.5 Å². The predicted octanol–water partition coefficient (Wildman–Crippen LogP) is 4.19. The summed E-state index contributed by atoms with van der Waals surface area (Å²) < 4.78 is 11.9. The molecule has 0 saturated carbocycles. The molecule has 1 aromatic carbocycles. The maximum absolute atomic E-state index is 6.02. The highest BCUT2D eigenvalue weighted by Crippen LogP contribution is 2.36. The Morgan fingerprint density at radius 3 is 2.75 bits per heavy atom. The van der Waals surface area contributed by atoms with Gasteiger partial charge in [-0.2, -0.15) is 0 Å². The third kappa shape index (κ3) is 3.17. The summed E-state index contributed by atoms with van der Waals surface area (Å²) in [6, 6.07) is 10.5. The summed E-state index contributed by atoms with van der Waals surface area (Å²) in [5.74, 6) is 0.590. The Kier molecular flexibility index (Phi) is 4.01. The van der Waals surface area contributed by atoms with E-state index in [2.05, 4.69) is 48.6 Å². The van der Waals surface area contributed by atoms with Crippen LogP contribution >= 0.6 is 11.8 Å². The molecule has 0 unspecified atom stereocenters. The molecule has 3 rings (SSSR count). The molecule has 1 heterocycles. The van der Waals surface area contributed by atoms with Gasteiger partial charge < -0.3 is 9.47 Å². The van der Waals surface area contributed by atoms with Crippen LogP contribution in [-0.4, -0.2) is 23.7 Å². The molecule has 0 aromatic heterocycles. The van der Waals surface area contributed by atoms with Gasteiger partial charge in [-0.3, -0.25) is 0 Å². The number of hydrogen-bond acceptors (Lipinski definition) is 3. The lowest BCUT2D eigenvalue weighted by atomic mass is 9.97. The predicted molar refractivity (Wildman–Crippen MR) is 82.8 cm³/mol. The first-order valence-corrected chi connectivity index (χ1v) is 8.03. The van der Waals surface area contributed by atoms with Crippen molar-refractivity contribution >= 4 is 11.8 Å². The second kappa shape index (κ2) is 5.76. The van der Waals surface area contributed by atoms with E-state index in [1.54, 1.807) is 0 Å². The zero-order chi connectivity index (χ0) is 14.0. The van der Waals surface area contributed by atoms with Crippen LogP contribution in [0, 0.1) is 0 Å². The largest absolute Gasteiger partial charge is 0.340 e. The summed E-state index contributed by atoms with van der Waals surface area (Å²) in [7, 11) is 0. The number of benzene rings is 1. The minimum absolute atomic E-state index is 0.0757. The average Bonchev–Trinajstić information content (AvgIpc) is 2.75. The SMILES string of the molecule is CC1(C)O[C@H]2C=CC=C(CCSc3ccccc3)[C@H]2O1. The zero-order valence-corrected chi connectivity index (χ0v) is 12.7. The Balaban J connectivity index is 1.58. The summed E-state index contributed by atoms with van der Waals surface area (Å²) in [4.78, 5) is 1.32. The lowest BCUT2D eigenvalue weighted by molar-refractivity contribution is -0.139. The molecule has 0 spiro atoms. The van der Waals surface area contributed by atoms with E-state index < -0.39 is 5.79 Å². The summed E-state index contributed by atoms with van der Waals surface area (Å²) in [5.41, 5.74) is 1.34. The van der Waals surface area contributed by atoms with E-state index in [1.807, 2.05) is 25.6 Å². The first-order chi connectivity index (χ1) is 9.64. The van der Waals surface area contributed by atoms with Crippen LogP contribution in [0.1, 0.15) is 20.3 Å². The van der Waals surface area contributed by atoms with Crippen molar-refractivity contribution in [2.24, 2.45) is 0 Å². The van der Waals surface area contributed by atoms with Gasteiger partial charge in [0.1, 0.15) is 12.2 Å². The van der Waals surface area contributed by atoms with Gasteiger partial charge in [-0.1, -0.05) is 36.4 Å². The maximum Gasteiger partial charge on any atom is 0.164 e. The fourth-order valence-corrected chi connectivity index (χ4v) is 3.55. The van der Waals surface area contributed by atoms with Crippen LogP contribution < -0.4 is 0 Å². The summed E-state index contributed by atoms with van der Waals surface area (Å²) in [5, 5.41) is 0. The lowest BCUT2D eigenvalue weighted by Crippen LogP contribution is -2.25. The summed E-state index contributed by atoms with van der Waals surface area (Å²) >= 11 is 1.89. The highest BCUT2D eigenvalue weighted by Gasteiger charge is 2.42. The molecule has 0 bridgehead atoms. The Morgan fingerprint density at radius 1 is 1.15 bits per heavy atom. The highest BCUT2D eigenvalue weighted by atomic mass is 32.2. The molecule has 0 N–H and O–H groups in total. The van der Waals surface area contributed by atoms with Crippen LogP contribution in [0.3, 0.4) is 0 Å². The molecule has 2 atom stereocenters. The summed E-state index contributed by atoms with van der Waals surface area (Å²) in [6.07, 6.45) is 7.56. The molecule has 20 heavy (non-hydrogen) atoms. The minimum Gasteiger partial charge on any atom is -0.340 e. The smallest absolute Gasteiger partial charge is 0.164 e. The Bertz CT molecular complexity index is 519. The van der Waals surface area contributed by atoms with Crippen molar-refractivity contribution in [2.45, 2.75) is 43.2 Å². The fraction of sp³-hybridized carbons (Fsp3) is 0.412. The van der Waals surface area contributed by atoms with E-state index in [4.69, 9.17) is 9.47 Å². The highest BCUT2D eigenvalue weighted by molar-refractivity contribution is 7.99. The van der Waals surface area contributed by atoms with Gasteiger partial charge in [0.15, 0.2) is 5.79 Å². The van der Waals surface area contributed by atoms with Crippen molar-refractivity contribution in [1.82, 2.24) is 0 Å². The van der Waals surface area contributed by atoms with Crippen LogP contribution in [0.4, 0.5) is 0 Å². The maximum atomic E-state index is 6.02. The van der Waals surface area contributed by atoms with Gasteiger partial charge in [-0.05, 0) is 38.0 Å². The monoisotopic (exact) mass is 288 g/mol. The van der Waals surface area contributed by atoms with Gasteiger partial charge in [0.05, 0.1) is 0 Å². The van der Waals surface area contributed by atoms with Crippen LogP contribution in [0.2, 0.25) is 0 Å². The topological polar surface area (TPSA) is 18.5 Å². The van der Waals surface area contributed by atoms with Crippen LogP contribution in [0.25, 0.3) is 0 Å². The Hall–Kier alpha value is -1.03. The first kappa shape index (κ1) is 13.9. The molecule has 1 aromatic rings. The first-order valence-electron chi connectivity index (χ1n) is 7.05. The standard InChI is InChI=1S/C17H20O2S/c1-17(2)18-15-10-6-7-13(16(15)19-17)11-12-20-14-8-4-3-5-9-14/h3-10,15-16H,11-12H2,1-2H3/t15-,16+/m0/s1. The molecule has 2 nitrogen and oxygen atoms in total. The lowest BCUT2D eigenvalue weighted by Gasteiger charge is -2.21. The minimum atomic E-state index is -0.477. The number of allylic oxidation sites excluding steroid dienone is 2. The molecular formula is C17H20O2S. The number of fused-ring (bicyclic) bond motifs is 1. The zero-order valence-electron chi connectivity index (χ0n) is 11.9. The van der Waals surface area contributed by atoms with Gasteiger partial charge >= 0.3 is 0 Å². The van der Waals surface area contributed by atoms with Gasteiger partial charge in [-0.15, -0.1) is 11.8 Å². The van der Waals surface area contributed by atoms with E-state index in [0.29, 0.717) is 0 Å². The number of ether oxygens (including phenoxy) is 2. The van der Waals surface area contributed by atoms with Gasteiger partial charge in [0, 0.05) is 10.6 Å². The molecular weight excluding hydrogens is 268 g/mol. The fourth-order valence-electron chi connectivity index (χ4n) is 2.63. The Morgan fingerprint density at radius 2 is 1.95 bits per heavy atom. The molecule has 2 aliphatic rings. The quantitative estimate of drug-likeness (QED) is 0.774. The molecule has 3 heteroatoms. The van der Waals surface area contributed by atoms with E-state index in [0.717, 1.165) is 12.2 Å². The second-order valence-electron chi connectivity index (χ2n) is 5.56. The summed E-state index contributed by atoms with van der Waals surface area (Å²) in [6.45, 7) is 3.96.